The third-order valence-electron chi connectivity index (χ3n) is 4.51. The summed E-state index contributed by atoms with van der Waals surface area (Å²) in [6, 6.07) is 9.97. The molecule has 0 spiro atoms. The van der Waals surface area contributed by atoms with Crippen molar-refractivity contribution in [1.29, 1.82) is 0 Å². The van der Waals surface area contributed by atoms with Crippen LogP contribution in [0.25, 0.3) is 11.3 Å². The van der Waals surface area contributed by atoms with Gasteiger partial charge in [-0.3, -0.25) is 9.48 Å². The first-order valence-corrected chi connectivity index (χ1v) is 9.67. The molecular weight excluding hydrogens is 362 g/mol. The number of thiazole rings is 1. The highest BCUT2D eigenvalue weighted by Gasteiger charge is 2.19. The van der Waals surface area contributed by atoms with Crippen LogP contribution in [0.15, 0.2) is 35.7 Å². The predicted octanol–water partition coefficient (Wildman–Crippen LogP) is 2.44. The zero-order valence-corrected chi connectivity index (χ0v) is 16.0. The quantitative estimate of drug-likeness (QED) is 0.707. The Kier molecular flexibility index (Phi) is 4.91. The molecule has 8 heteroatoms. The van der Waals surface area contributed by atoms with Gasteiger partial charge in [-0.2, -0.15) is 5.10 Å². The van der Waals surface area contributed by atoms with Gasteiger partial charge in [0.1, 0.15) is 10.8 Å². The predicted molar refractivity (Wildman–Crippen MR) is 104 cm³/mol. The Morgan fingerprint density at radius 3 is 3.00 bits per heavy atom. The molecule has 2 N–H and O–H groups in total. The van der Waals surface area contributed by atoms with E-state index in [0.717, 1.165) is 40.8 Å². The van der Waals surface area contributed by atoms with Crippen LogP contribution in [0, 0.1) is 0 Å². The van der Waals surface area contributed by atoms with E-state index in [2.05, 4.69) is 27.6 Å². The maximum Gasteiger partial charge on any atom is 0.272 e. The molecule has 4 rings (SSSR count). The van der Waals surface area contributed by atoms with Crippen molar-refractivity contribution in [3.05, 3.63) is 52.1 Å². The third-order valence-corrected chi connectivity index (χ3v) is 5.36. The molecule has 2 aromatic heterocycles. The molecule has 0 radical (unpaired) electrons. The fourth-order valence-corrected chi connectivity index (χ4v) is 3.75. The standard InChI is InChI=1S/C19H21N5O2S/c1-12-10-24-14(8-20-12)7-16(23-24)19(25)21-9-18-22-17(11-27-18)13-3-5-15(26-2)6-4-13/h3-7,11-12,20H,8-10H2,1-2H3,(H,21,25). The van der Waals surface area contributed by atoms with Crippen molar-refractivity contribution in [3.8, 4) is 17.0 Å². The van der Waals surface area contributed by atoms with E-state index < -0.39 is 0 Å². The number of benzene rings is 1. The Balaban J connectivity index is 1.39. The van der Waals surface area contributed by atoms with E-state index >= 15 is 0 Å². The molecule has 3 heterocycles. The lowest BCUT2D eigenvalue weighted by molar-refractivity contribution is 0.0945. The lowest BCUT2D eigenvalue weighted by Crippen LogP contribution is -2.36. The monoisotopic (exact) mass is 383 g/mol. The highest BCUT2D eigenvalue weighted by molar-refractivity contribution is 7.09. The van der Waals surface area contributed by atoms with Crippen LogP contribution in [-0.4, -0.2) is 33.8 Å². The number of carbonyl (C=O) groups excluding carboxylic acids is 1. The normalized spacial score (nSPS) is 16.0. The molecule has 140 valence electrons. The van der Waals surface area contributed by atoms with Gasteiger partial charge in [0.25, 0.3) is 5.91 Å². The second kappa shape index (κ2) is 7.50. The van der Waals surface area contributed by atoms with Crippen LogP contribution in [0.4, 0.5) is 0 Å². The molecule has 0 fully saturated rings. The zero-order chi connectivity index (χ0) is 18.8. The number of nitrogens with one attached hydrogen (secondary N) is 2. The number of amides is 1. The highest BCUT2D eigenvalue weighted by Crippen LogP contribution is 2.24. The molecule has 0 bridgehead atoms. The average molecular weight is 383 g/mol. The molecule has 0 saturated heterocycles. The van der Waals surface area contributed by atoms with Crippen molar-refractivity contribution in [2.45, 2.75) is 32.6 Å². The molecule has 0 aliphatic carbocycles. The van der Waals surface area contributed by atoms with Gasteiger partial charge in [0.15, 0.2) is 5.69 Å². The molecule has 3 aromatic rings. The van der Waals surface area contributed by atoms with E-state index in [0.29, 0.717) is 18.3 Å². The second-order valence-electron chi connectivity index (χ2n) is 6.52. The minimum atomic E-state index is -0.175. The molecule has 0 saturated carbocycles. The van der Waals surface area contributed by atoms with E-state index in [-0.39, 0.29) is 5.91 Å². The Morgan fingerprint density at radius 2 is 2.22 bits per heavy atom. The van der Waals surface area contributed by atoms with Crippen molar-refractivity contribution in [2.75, 3.05) is 7.11 Å². The number of hydrogen-bond donors (Lipinski definition) is 2. The number of rotatable bonds is 5. The third kappa shape index (κ3) is 3.86. The van der Waals surface area contributed by atoms with E-state index in [4.69, 9.17) is 4.74 Å². The van der Waals surface area contributed by atoms with Gasteiger partial charge in [-0.15, -0.1) is 11.3 Å². The minimum Gasteiger partial charge on any atom is -0.497 e. The van der Waals surface area contributed by atoms with Crippen molar-refractivity contribution in [1.82, 2.24) is 25.4 Å². The van der Waals surface area contributed by atoms with Crippen LogP contribution >= 0.6 is 11.3 Å². The smallest absolute Gasteiger partial charge is 0.272 e. The Hall–Kier alpha value is -2.71. The zero-order valence-electron chi connectivity index (χ0n) is 15.2. The molecular formula is C19H21N5O2S. The van der Waals surface area contributed by atoms with Gasteiger partial charge in [0.05, 0.1) is 31.6 Å². The van der Waals surface area contributed by atoms with Crippen LogP contribution in [-0.2, 0) is 19.6 Å². The van der Waals surface area contributed by atoms with E-state index in [1.54, 1.807) is 7.11 Å². The summed E-state index contributed by atoms with van der Waals surface area (Å²) in [5, 5.41) is 13.5. The van der Waals surface area contributed by atoms with Crippen molar-refractivity contribution < 1.29 is 9.53 Å². The molecule has 1 aromatic carbocycles. The van der Waals surface area contributed by atoms with Crippen LogP contribution < -0.4 is 15.4 Å². The summed E-state index contributed by atoms with van der Waals surface area (Å²) < 4.78 is 7.08. The fourth-order valence-electron chi connectivity index (χ4n) is 3.00. The summed E-state index contributed by atoms with van der Waals surface area (Å²) >= 11 is 1.53. The summed E-state index contributed by atoms with van der Waals surface area (Å²) in [7, 11) is 1.65. The summed E-state index contributed by atoms with van der Waals surface area (Å²) in [6.45, 7) is 4.00. The maximum atomic E-state index is 12.4. The Bertz CT molecular complexity index is 947. The molecule has 7 nitrogen and oxygen atoms in total. The number of carbonyl (C=O) groups is 1. The lowest BCUT2D eigenvalue weighted by Gasteiger charge is -2.21. The fraction of sp³-hybridized carbons (Fsp3) is 0.316. The van der Waals surface area contributed by atoms with Gasteiger partial charge in [0.2, 0.25) is 0 Å². The van der Waals surface area contributed by atoms with Gasteiger partial charge in [0, 0.05) is 23.5 Å². The largest absolute Gasteiger partial charge is 0.497 e. The first-order chi connectivity index (χ1) is 13.1. The Morgan fingerprint density at radius 1 is 1.41 bits per heavy atom. The van der Waals surface area contributed by atoms with Gasteiger partial charge in [-0.25, -0.2) is 4.98 Å². The van der Waals surface area contributed by atoms with Crippen molar-refractivity contribution >= 4 is 17.2 Å². The Labute approximate surface area is 161 Å². The number of ether oxygens (including phenoxy) is 1. The van der Waals surface area contributed by atoms with E-state index in [1.807, 2.05) is 40.4 Å². The van der Waals surface area contributed by atoms with Gasteiger partial charge in [-0.05, 0) is 37.3 Å². The summed E-state index contributed by atoms with van der Waals surface area (Å²) in [4.78, 5) is 17.0. The first kappa shape index (κ1) is 17.7. The van der Waals surface area contributed by atoms with Crippen LogP contribution in [0.3, 0.4) is 0 Å². The number of aromatic nitrogens is 3. The number of methoxy groups -OCH3 is 1. The molecule has 1 atom stereocenters. The van der Waals surface area contributed by atoms with Crippen molar-refractivity contribution in [3.63, 3.8) is 0 Å². The summed E-state index contributed by atoms with van der Waals surface area (Å²) in [6.07, 6.45) is 0. The summed E-state index contributed by atoms with van der Waals surface area (Å²) in [5.74, 6) is 0.638. The van der Waals surface area contributed by atoms with E-state index in [1.165, 1.54) is 11.3 Å². The van der Waals surface area contributed by atoms with Crippen LogP contribution in [0.1, 0.15) is 28.1 Å². The number of fused-ring (bicyclic) bond motifs is 1. The van der Waals surface area contributed by atoms with Gasteiger partial charge >= 0.3 is 0 Å². The van der Waals surface area contributed by atoms with Crippen LogP contribution in [0.2, 0.25) is 0 Å². The summed E-state index contributed by atoms with van der Waals surface area (Å²) in [5.41, 5.74) is 3.40. The number of hydrogen-bond acceptors (Lipinski definition) is 6. The molecule has 1 aliphatic heterocycles. The molecule has 1 aliphatic rings. The minimum absolute atomic E-state index is 0.175. The van der Waals surface area contributed by atoms with Gasteiger partial charge < -0.3 is 15.4 Å². The second-order valence-corrected chi connectivity index (χ2v) is 7.47. The lowest BCUT2D eigenvalue weighted by atomic mass is 10.2. The van der Waals surface area contributed by atoms with Gasteiger partial charge in [-0.1, -0.05) is 0 Å². The van der Waals surface area contributed by atoms with Crippen molar-refractivity contribution in [2.24, 2.45) is 0 Å². The molecule has 1 unspecified atom stereocenters. The molecule has 27 heavy (non-hydrogen) atoms. The number of nitrogens with zero attached hydrogens (tertiary/aromatic N) is 3. The SMILES string of the molecule is COc1ccc(-c2csc(CNC(=O)c3cc4n(n3)CC(C)NC4)n2)cc1. The average Bonchev–Trinajstić information content (AvgIpc) is 3.33. The molecule has 1 amide bonds. The maximum absolute atomic E-state index is 12.4. The topological polar surface area (TPSA) is 81.1 Å². The highest BCUT2D eigenvalue weighted by atomic mass is 32.1. The first-order valence-electron chi connectivity index (χ1n) is 8.79. The van der Waals surface area contributed by atoms with E-state index in [9.17, 15) is 4.79 Å². The van der Waals surface area contributed by atoms with Crippen LogP contribution in [0.5, 0.6) is 5.75 Å².